The highest BCUT2D eigenvalue weighted by atomic mass is 16.2. The van der Waals surface area contributed by atoms with E-state index in [0.29, 0.717) is 16.7 Å². The average molecular weight is 369 g/mol. The van der Waals surface area contributed by atoms with E-state index in [2.05, 4.69) is 9.97 Å². The second kappa shape index (κ2) is 7.48. The maximum absolute atomic E-state index is 12.5. The molecule has 0 unspecified atom stereocenters. The molecule has 1 aromatic heterocycles. The number of carbonyl (C=O) groups excluding carboxylic acids is 1. The van der Waals surface area contributed by atoms with Gasteiger partial charge in [0.1, 0.15) is 5.82 Å². The second-order valence-electron chi connectivity index (χ2n) is 6.63. The number of para-hydroxylation sites is 1. The molecule has 1 N–H and O–H groups in total. The predicted octanol–water partition coefficient (Wildman–Crippen LogP) is 3.75. The van der Waals surface area contributed by atoms with Gasteiger partial charge in [0.15, 0.2) is 0 Å². The zero-order chi connectivity index (χ0) is 19.5. The Balaban J connectivity index is 1.54. The van der Waals surface area contributed by atoms with Gasteiger partial charge in [-0.15, -0.1) is 0 Å². The van der Waals surface area contributed by atoms with Crippen LogP contribution in [0.5, 0.6) is 0 Å². The van der Waals surface area contributed by atoms with Crippen molar-refractivity contribution in [3.05, 3.63) is 94.5 Å². The number of hydrogen-bond acceptors (Lipinski definition) is 3. The molecule has 0 aliphatic rings. The number of nitrogens with zero attached hydrogens (tertiary/aromatic N) is 2. The average Bonchev–Trinajstić information content (AvgIpc) is 2.72. The van der Waals surface area contributed by atoms with Crippen LogP contribution in [0.4, 0.5) is 0 Å². The summed E-state index contributed by atoms with van der Waals surface area (Å²) in [7, 11) is 1.69. The lowest BCUT2D eigenvalue weighted by Crippen LogP contribution is -2.26. The summed E-state index contributed by atoms with van der Waals surface area (Å²) in [5.74, 6) is 0.293. The van der Waals surface area contributed by atoms with Crippen molar-refractivity contribution >= 4 is 33.7 Å². The van der Waals surface area contributed by atoms with E-state index in [1.54, 1.807) is 31.3 Å². The Morgan fingerprint density at radius 3 is 2.57 bits per heavy atom. The molecule has 0 aliphatic carbocycles. The zero-order valence-electron chi connectivity index (χ0n) is 15.4. The van der Waals surface area contributed by atoms with Crippen LogP contribution in [0.1, 0.15) is 11.4 Å². The third kappa shape index (κ3) is 3.55. The molecular weight excluding hydrogens is 350 g/mol. The zero-order valence-corrected chi connectivity index (χ0v) is 15.4. The topological polar surface area (TPSA) is 66.1 Å². The molecule has 3 aromatic carbocycles. The van der Waals surface area contributed by atoms with E-state index in [1.165, 1.54) is 4.90 Å². The van der Waals surface area contributed by atoms with Gasteiger partial charge in [-0.1, -0.05) is 54.6 Å². The van der Waals surface area contributed by atoms with E-state index in [1.807, 2.05) is 54.6 Å². The molecule has 0 aliphatic heterocycles. The van der Waals surface area contributed by atoms with Gasteiger partial charge in [0, 0.05) is 13.1 Å². The van der Waals surface area contributed by atoms with Gasteiger partial charge in [-0.05, 0) is 34.5 Å². The van der Waals surface area contributed by atoms with Gasteiger partial charge in [-0.3, -0.25) is 9.59 Å². The largest absolute Gasteiger partial charge is 0.335 e. The van der Waals surface area contributed by atoms with Gasteiger partial charge in [0.25, 0.3) is 5.56 Å². The highest BCUT2D eigenvalue weighted by Crippen LogP contribution is 2.19. The molecule has 28 heavy (non-hydrogen) atoms. The van der Waals surface area contributed by atoms with Crippen LogP contribution in [0, 0.1) is 0 Å². The van der Waals surface area contributed by atoms with Crippen molar-refractivity contribution in [3.63, 3.8) is 0 Å². The fraction of sp³-hybridized carbons (Fsp3) is 0.0870. The molecule has 0 fully saturated rings. The van der Waals surface area contributed by atoms with Crippen molar-refractivity contribution < 1.29 is 4.79 Å². The van der Waals surface area contributed by atoms with Crippen LogP contribution in [-0.4, -0.2) is 27.8 Å². The molecule has 0 saturated heterocycles. The molecule has 0 atom stereocenters. The molecular formula is C23H19N3O2. The van der Waals surface area contributed by atoms with Crippen molar-refractivity contribution in [2.75, 3.05) is 7.05 Å². The number of benzene rings is 3. The summed E-state index contributed by atoms with van der Waals surface area (Å²) in [6.07, 6.45) is 3.36. The van der Waals surface area contributed by atoms with Crippen molar-refractivity contribution in [1.29, 1.82) is 0 Å². The van der Waals surface area contributed by atoms with Gasteiger partial charge in [0.2, 0.25) is 5.91 Å². The number of rotatable bonds is 4. The Morgan fingerprint density at radius 1 is 1.00 bits per heavy atom. The summed E-state index contributed by atoms with van der Waals surface area (Å²) in [5.41, 5.74) is 1.40. The highest BCUT2D eigenvalue weighted by molar-refractivity contribution is 5.96. The van der Waals surface area contributed by atoms with Crippen molar-refractivity contribution in [2.45, 2.75) is 6.54 Å². The summed E-state index contributed by atoms with van der Waals surface area (Å²) in [4.78, 5) is 33.4. The van der Waals surface area contributed by atoms with E-state index in [0.717, 1.165) is 16.3 Å². The first kappa shape index (κ1) is 17.7. The number of aromatic amines is 1. The lowest BCUT2D eigenvalue weighted by molar-refractivity contribution is -0.125. The van der Waals surface area contributed by atoms with Gasteiger partial charge in [-0.25, -0.2) is 4.98 Å². The molecule has 5 nitrogen and oxygen atoms in total. The number of amides is 1. The summed E-state index contributed by atoms with van der Waals surface area (Å²) in [6, 6.07) is 21.2. The monoisotopic (exact) mass is 369 g/mol. The van der Waals surface area contributed by atoms with Crippen LogP contribution in [0.25, 0.3) is 27.8 Å². The minimum absolute atomic E-state index is 0.163. The summed E-state index contributed by atoms with van der Waals surface area (Å²) in [6.45, 7) is 0.221. The Bertz CT molecular complexity index is 1250. The maximum Gasteiger partial charge on any atom is 0.258 e. The van der Waals surface area contributed by atoms with E-state index < -0.39 is 0 Å². The standard InChI is InChI=1S/C23H19N3O2/c1-26(15-21-24-20-12-5-4-11-19(20)23(28)25-21)22(27)14-13-17-9-6-8-16-7-2-3-10-18(16)17/h2-14H,15H2,1H3,(H,24,25,28)/b14-13+. The molecule has 4 rings (SSSR count). The molecule has 0 radical (unpaired) electrons. The molecule has 5 heteroatoms. The molecule has 0 spiro atoms. The van der Waals surface area contributed by atoms with Crippen molar-refractivity contribution in [1.82, 2.24) is 14.9 Å². The van der Waals surface area contributed by atoms with Crippen LogP contribution in [0.3, 0.4) is 0 Å². The third-order valence-electron chi connectivity index (χ3n) is 4.65. The van der Waals surface area contributed by atoms with Gasteiger partial charge in [-0.2, -0.15) is 0 Å². The lowest BCUT2D eigenvalue weighted by atomic mass is 10.0. The van der Waals surface area contributed by atoms with Gasteiger partial charge < -0.3 is 9.88 Å². The minimum Gasteiger partial charge on any atom is -0.335 e. The Morgan fingerprint density at radius 2 is 1.71 bits per heavy atom. The van der Waals surface area contributed by atoms with E-state index in [-0.39, 0.29) is 18.0 Å². The Labute approximate surface area is 162 Å². The van der Waals surface area contributed by atoms with Crippen LogP contribution in [0.2, 0.25) is 0 Å². The number of H-pyrrole nitrogens is 1. The first-order valence-electron chi connectivity index (χ1n) is 9.01. The Kier molecular flexibility index (Phi) is 4.72. The molecule has 0 bridgehead atoms. The normalized spacial score (nSPS) is 11.3. The molecule has 1 heterocycles. The van der Waals surface area contributed by atoms with E-state index in [4.69, 9.17) is 0 Å². The number of nitrogens with one attached hydrogen (secondary N) is 1. The van der Waals surface area contributed by atoms with Crippen LogP contribution in [-0.2, 0) is 11.3 Å². The van der Waals surface area contributed by atoms with Crippen molar-refractivity contribution in [2.24, 2.45) is 0 Å². The highest BCUT2D eigenvalue weighted by Gasteiger charge is 2.10. The number of fused-ring (bicyclic) bond motifs is 2. The molecule has 4 aromatic rings. The SMILES string of the molecule is CN(Cc1nc2ccccc2c(=O)[nH]1)C(=O)/C=C/c1cccc2ccccc12. The minimum atomic E-state index is -0.201. The lowest BCUT2D eigenvalue weighted by Gasteiger charge is -2.14. The van der Waals surface area contributed by atoms with Crippen molar-refractivity contribution in [3.8, 4) is 0 Å². The molecule has 138 valence electrons. The van der Waals surface area contributed by atoms with Crippen LogP contribution >= 0.6 is 0 Å². The number of likely N-dealkylation sites (N-methyl/N-ethyl adjacent to an activating group) is 1. The van der Waals surface area contributed by atoms with Crippen LogP contribution < -0.4 is 5.56 Å². The number of carbonyl (C=O) groups is 1. The predicted molar refractivity (Wildman–Crippen MR) is 112 cm³/mol. The van der Waals surface area contributed by atoms with Gasteiger partial charge in [0.05, 0.1) is 17.4 Å². The fourth-order valence-electron chi connectivity index (χ4n) is 3.20. The quantitative estimate of drug-likeness (QED) is 0.557. The summed E-state index contributed by atoms with van der Waals surface area (Å²) < 4.78 is 0. The fourth-order valence-corrected chi connectivity index (χ4v) is 3.20. The maximum atomic E-state index is 12.5. The second-order valence-corrected chi connectivity index (χ2v) is 6.63. The first-order valence-corrected chi connectivity index (χ1v) is 9.01. The van der Waals surface area contributed by atoms with Crippen LogP contribution in [0.15, 0.2) is 77.6 Å². The van der Waals surface area contributed by atoms with E-state index in [9.17, 15) is 9.59 Å². The Hall–Kier alpha value is -3.73. The van der Waals surface area contributed by atoms with Gasteiger partial charge >= 0.3 is 0 Å². The molecule has 1 amide bonds. The summed E-state index contributed by atoms with van der Waals surface area (Å²) in [5, 5.41) is 2.76. The van der Waals surface area contributed by atoms with E-state index >= 15 is 0 Å². The first-order chi connectivity index (χ1) is 13.6. The number of aromatic nitrogens is 2. The summed E-state index contributed by atoms with van der Waals surface area (Å²) >= 11 is 0. The third-order valence-corrected chi connectivity index (χ3v) is 4.65. The smallest absolute Gasteiger partial charge is 0.258 e. The molecule has 0 saturated carbocycles. The number of hydrogen-bond donors (Lipinski definition) is 1.